The van der Waals surface area contributed by atoms with E-state index in [-0.39, 0.29) is 99.7 Å². The average Bonchev–Trinajstić information content (AvgIpc) is 1.46. The Morgan fingerprint density at radius 1 is 0.569 bits per heavy atom. The van der Waals surface area contributed by atoms with Crippen molar-refractivity contribution in [3.05, 3.63) is 166 Å². The zero-order valence-corrected chi connectivity index (χ0v) is 62.2. The first-order valence-electron chi connectivity index (χ1n) is 34.7. The maximum absolute atomic E-state index is 16.2. The Kier molecular flexibility index (Phi) is 20.8. The summed E-state index contributed by atoms with van der Waals surface area (Å²) in [6, 6.07) is 25.9. The molecule has 8 bridgehead atoms. The molecule has 4 aliphatic heterocycles. The maximum atomic E-state index is 16.2. The Hall–Kier alpha value is -9.24. The van der Waals surface area contributed by atoms with Gasteiger partial charge in [0.15, 0.2) is 0 Å². The van der Waals surface area contributed by atoms with Crippen LogP contribution in [0.3, 0.4) is 0 Å². The molecule has 102 heavy (non-hydrogen) atoms. The van der Waals surface area contributed by atoms with Crippen LogP contribution < -0.4 is 28.7 Å². The molecule has 2 saturated heterocycles. The first kappa shape index (κ1) is 72.5. The van der Waals surface area contributed by atoms with Crippen LogP contribution in [-0.2, 0) is 42.6 Å². The molecule has 8 aromatic rings. The number of aromatic nitrogens is 8. The molecule has 2 amide bonds. The third-order valence-corrected chi connectivity index (χ3v) is 22.4. The highest BCUT2D eigenvalue weighted by Gasteiger charge is 2.43. The van der Waals surface area contributed by atoms with Gasteiger partial charge in [0.05, 0.1) is 88.7 Å². The van der Waals surface area contributed by atoms with Crippen molar-refractivity contribution in [2.24, 2.45) is 10.8 Å². The molecule has 7 atom stereocenters. The molecule has 0 radical (unpaired) electrons. The van der Waals surface area contributed by atoms with Gasteiger partial charge in [-0.3, -0.25) is 9.59 Å². The SMILES string of the molecule is COC(C)[C@@H]1C(c2cc3cc(c2)S(=O)(=O)Nc2nc(cc(-c4c(C)cccc4C)n2)OC[C@@H](CC(C)(C)C)N(Cc2ncc(N4CCC[C@H]4C(C)OC)cn2)C3=O)CCN1c1ccnc(CN2C(=O)c3cccc(c3)S(=O)(=O)Nc3nc(cc(-c4c(C)cccc4C)n3)OC[C@H]2CC(C)(C)C)n1. The summed E-state index contributed by atoms with van der Waals surface area (Å²) in [7, 11) is -5.63. The first-order valence-corrected chi connectivity index (χ1v) is 37.7. The summed E-state index contributed by atoms with van der Waals surface area (Å²) in [6.45, 7) is 25.3. The lowest BCUT2D eigenvalue weighted by Gasteiger charge is -2.36. The van der Waals surface area contributed by atoms with Gasteiger partial charge in [0.25, 0.3) is 31.9 Å². The predicted molar refractivity (Wildman–Crippen MR) is 391 cm³/mol. The van der Waals surface area contributed by atoms with Crippen LogP contribution in [0, 0.1) is 38.5 Å². The van der Waals surface area contributed by atoms with Crippen LogP contribution in [0.1, 0.15) is 154 Å². The number of nitrogens with zero attached hydrogens (tertiary/aromatic N) is 12. The fourth-order valence-electron chi connectivity index (χ4n) is 14.8. The monoisotopic (exact) mass is 1420 g/mol. The number of fused-ring (bicyclic) bond motifs is 8. The Bertz CT molecular complexity index is 4640. The molecule has 4 aromatic heterocycles. The number of rotatable bonds is 15. The van der Waals surface area contributed by atoms with Crippen LogP contribution in [0.15, 0.2) is 125 Å². The molecule has 4 aliphatic rings. The van der Waals surface area contributed by atoms with Gasteiger partial charge in [0.2, 0.25) is 23.7 Å². The van der Waals surface area contributed by atoms with Gasteiger partial charge in [0, 0.05) is 73.8 Å². The van der Waals surface area contributed by atoms with Gasteiger partial charge in [-0.15, -0.1) is 0 Å². The smallest absolute Gasteiger partial charge is 0.264 e. The van der Waals surface area contributed by atoms with Crippen molar-refractivity contribution in [1.82, 2.24) is 49.7 Å². The van der Waals surface area contributed by atoms with E-state index in [1.807, 2.05) is 71.0 Å². The largest absolute Gasteiger partial charge is 0.475 e. The second-order valence-electron chi connectivity index (χ2n) is 29.8. The van der Waals surface area contributed by atoms with Gasteiger partial charge in [-0.25, -0.2) is 56.2 Å². The van der Waals surface area contributed by atoms with Crippen molar-refractivity contribution in [1.29, 1.82) is 0 Å². The van der Waals surface area contributed by atoms with Crippen molar-refractivity contribution in [3.63, 3.8) is 0 Å². The summed E-state index contributed by atoms with van der Waals surface area (Å²) in [5.74, 6) is -0.497. The summed E-state index contributed by atoms with van der Waals surface area (Å²) >= 11 is 0. The minimum atomic E-state index is -4.60. The lowest BCUT2D eigenvalue weighted by Crippen LogP contribution is -2.46. The highest BCUT2D eigenvalue weighted by molar-refractivity contribution is 7.93. The van der Waals surface area contributed by atoms with Gasteiger partial charge in [-0.05, 0) is 155 Å². The van der Waals surface area contributed by atoms with E-state index in [1.54, 1.807) is 79.0 Å². The third-order valence-electron chi connectivity index (χ3n) is 19.7. The summed E-state index contributed by atoms with van der Waals surface area (Å²) < 4.78 is 89.9. The molecular weight excluding hydrogens is 1330 g/mol. The number of hydrogen-bond acceptors (Lipinski definition) is 20. The summed E-state index contributed by atoms with van der Waals surface area (Å²) in [5.41, 5.74) is 7.00. The normalized spacial score (nSPS) is 20.6. The van der Waals surface area contributed by atoms with Crippen LogP contribution >= 0.6 is 0 Å². The number of benzene rings is 4. The molecule has 538 valence electrons. The van der Waals surface area contributed by atoms with Crippen LogP contribution in [0.5, 0.6) is 11.8 Å². The fourth-order valence-corrected chi connectivity index (χ4v) is 16.9. The number of carbonyl (C=O) groups is 2. The first-order chi connectivity index (χ1) is 48.4. The number of nitrogens with one attached hydrogen (secondary N) is 2. The zero-order chi connectivity index (χ0) is 72.7. The number of aryl methyl sites for hydroxylation is 4. The minimum Gasteiger partial charge on any atom is -0.475 e. The molecule has 2 N–H and O–H groups in total. The van der Waals surface area contributed by atoms with Gasteiger partial charge < -0.3 is 38.5 Å². The Morgan fingerprint density at radius 2 is 1.09 bits per heavy atom. The Morgan fingerprint density at radius 3 is 1.64 bits per heavy atom. The van der Waals surface area contributed by atoms with E-state index in [0.717, 1.165) is 58.5 Å². The average molecular weight is 1430 g/mol. The number of hydrogen-bond donors (Lipinski definition) is 2. The molecule has 3 unspecified atom stereocenters. The minimum absolute atomic E-state index is 0.0218. The molecule has 0 saturated carbocycles. The molecular formula is C76H92N14O10S2. The second-order valence-corrected chi connectivity index (χ2v) is 33.1. The topological polar surface area (TPSA) is 279 Å². The highest BCUT2D eigenvalue weighted by atomic mass is 32.2. The van der Waals surface area contributed by atoms with Crippen LogP contribution in [-0.4, -0.2) is 155 Å². The Balaban J connectivity index is 0.933. The molecule has 4 aromatic carbocycles. The summed E-state index contributed by atoms with van der Waals surface area (Å²) in [6.07, 6.45) is 7.96. The van der Waals surface area contributed by atoms with E-state index in [4.69, 9.17) is 53.8 Å². The van der Waals surface area contributed by atoms with Crippen LogP contribution in [0.2, 0.25) is 0 Å². The standard InChI is InChI=1S/C76H92N14O10S2/c1-45-19-15-20-46(2)68(45)60-35-66-83-73(80-60)85-101(93,94)57-24-17-23-51(32-57)71(91)90(55(44-100-66)38-76(10,11)12)42-64-77-28-26-65(82-64)88-30-27-59(70(88)50(6)98-14)52-31-53-34-58(33-52)102(95,96)86-74-81-61(69-47(3)21-16-22-48(69)4)36-67(84-74)99-43-54(37-75(7,8)9)89(72(53)92)41-63-78-39-56(40-79-63)87-29-18-25-62(87)49(5)97-13/h15-17,19-24,26,28,31-36,39-40,49-50,54-55,59,62,70H,18,25,27,29-30,37-38,41-44H2,1-14H3,(H,80,83,85)(H,81,84,86)/t49?,50?,54-,55-,59?,62+,70-/m1/s1. The number of ether oxygens (including phenoxy) is 4. The van der Waals surface area contributed by atoms with Crippen LogP contribution in [0.25, 0.3) is 22.5 Å². The molecule has 0 aliphatic carbocycles. The lowest BCUT2D eigenvalue weighted by atomic mass is 9.86. The summed E-state index contributed by atoms with van der Waals surface area (Å²) in [4.78, 5) is 77.6. The van der Waals surface area contributed by atoms with Crippen molar-refractivity contribution >= 4 is 55.3 Å². The van der Waals surface area contributed by atoms with Gasteiger partial charge in [-0.2, -0.15) is 9.97 Å². The number of amides is 2. The van der Waals surface area contributed by atoms with Crippen LogP contribution in [0.4, 0.5) is 23.4 Å². The van der Waals surface area contributed by atoms with E-state index in [2.05, 4.69) is 72.7 Å². The van der Waals surface area contributed by atoms with Gasteiger partial charge in [-0.1, -0.05) is 84.0 Å². The van der Waals surface area contributed by atoms with E-state index < -0.39 is 62.0 Å². The van der Waals surface area contributed by atoms with E-state index in [1.165, 1.54) is 24.3 Å². The van der Waals surface area contributed by atoms with E-state index in [0.29, 0.717) is 54.4 Å². The maximum Gasteiger partial charge on any atom is 0.264 e. The molecule has 2 fully saturated rings. The molecule has 26 heteroatoms. The zero-order valence-electron chi connectivity index (χ0n) is 60.6. The van der Waals surface area contributed by atoms with Gasteiger partial charge >= 0.3 is 0 Å². The predicted octanol–water partition coefficient (Wildman–Crippen LogP) is 12.1. The third kappa shape index (κ3) is 16.0. The summed E-state index contributed by atoms with van der Waals surface area (Å²) in [5, 5.41) is 0. The van der Waals surface area contributed by atoms with Crippen molar-refractivity contribution in [2.75, 3.05) is 59.8 Å². The second kappa shape index (κ2) is 29.2. The number of methoxy groups -OCH3 is 2. The van der Waals surface area contributed by atoms with Crippen molar-refractivity contribution in [2.45, 2.75) is 180 Å². The Labute approximate surface area is 598 Å². The number of sulfonamides is 2. The van der Waals surface area contributed by atoms with E-state index in [9.17, 15) is 8.42 Å². The quantitative estimate of drug-likeness (QED) is 0.0964. The molecule has 12 rings (SSSR count). The lowest BCUT2D eigenvalue weighted by molar-refractivity contribution is 0.0499. The molecule has 8 heterocycles. The fraction of sp³-hybridized carbons (Fsp3) is 0.447. The highest BCUT2D eigenvalue weighted by Crippen LogP contribution is 2.42. The van der Waals surface area contributed by atoms with Gasteiger partial charge in [0.1, 0.15) is 30.7 Å². The molecule has 24 nitrogen and oxygen atoms in total. The van der Waals surface area contributed by atoms with Crippen molar-refractivity contribution in [3.8, 4) is 34.3 Å². The number of anilines is 4. The number of carbonyl (C=O) groups excluding carboxylic acids is 2. The molecule has 0 spiro atoms. The van der Waals surface area contributed by atoms with E-state index >= 15 is 18.0 Å². The van der Waals surface area contributed by atoms with Crippen molar-refractivity contribution < 1.29 is 45.4 Å².